The van der Waals surface area contributed by atoms with Crippen LogP contribution in [0.4, 0.5) is 8.78 Å². The third kappa shape index (κ3) is 3.54. The highest BCUT2D eigenvalue weighted by Gasteiger charge is 2.22. The molecule has 1 aromatic carbocycles. The lowest BCUT2D eigenvalue weighted by Crippen LogP contribution is -2.06. The molecule has 0 bridgehead atoms. The van der Waals surface area contributed by atoms with Crippen molar-refractivity contribution in [2.24, 2.45) is 0 Å². The van der Waals surface area contributed by atoms with Crippen LogP contribution in [0.1, 0.15) is 0 Å². The number of rotatable bonds is 3. The van der Waals surface area contributed by atoms with Crippen molar-refractivity contribution in [3.63, 3.8) is 0 Å². The van der Waals surface area contributed by atoms with Crippen molar-refractivity contribution in [1.82, 2.24) is 0 Å². The number of alkyl halides is 2. The summed E-state index contributed by atoms with van der Waals surface area (Å²) in [5.41, 5.74) is 0. The van der Waals surface area contributed by atoms with Gasteiger partial charge in [-0.15, -0.1) is 0 Å². The van der Waals surface area contributed by atoms with E-state index in [9.17, 15) is 17.2 Å². The Morgan fingerprint density at radius 2 is 1.88 bits per heavy atom. The predicted molar refractivity (Wildman–Crippen MR) is 61.5 cm³/mol. The molecular weight excluding hydrogens is 397 g/mol. The Morgan fingerprint density at radius 1 is 1.31 bits per heavy atom. The maximum Gasteiger partial charge on any atom is 0.387 e. The summed E-state index contributed by atoms with van der Waals surface area (Å²) >= 11 is 5.92. The standard InChI is InChI=1S/C7H3Br2ClF2O3S/c8-3-1-4(9)6(15-7(11)12)5(2-3)16(10,13)14/h1-2,7H. The first-order valence-corrected chi connectivity index (χ1v) is 7.50. The summed E-state index contributed by atoms with van der Waals surface area (Å²) in [6.07, 6.45) is 0. The van der Waals surface area contributed by atoms with Crippen molar-refractivity contribution in [2.45, 2.75) is 11.5 Å². The number of halogens is 5. The molecule has 0 unspecified atom stereocenters. The molecule has 0 fully saturated rings. The monoisotopic (exact) mass is 398 g/mol. The minimum absolute atomic E-state index is 0.0569. The molecule has 3 nitrogen and oxygen atoms in total. The lowest BCUT2D eigenvalue weighted by molar-refractivity contribution is -0.0522. The second kappa shape index (κ2) is 5.16. The summed E-state index contributed by atoms with van der Waals surface area (Å²) in [6.45, 7) is -3.14. The Kier molecular flexibility index (Phi) is 4.56. The summed E-state index contributed by atoms with van der Waals surface area (Å²) in [7, 11) is 0.927. The van der Waals surface area contributed by atoms with Gasteiger partial charge in [0.2, 0.25) is 0 Å². The molecule has 0 heterocycles. The fourth-order valence-electron chi connectivity index (χ4n) is 0.921. The first kappa shape index (κ1) is 14.1. The van der Waals surface area contributed by atoms with Crippen molar-refractivity contribution < 1.29 is 21.9 Å². The van der Waals surface area contributed by atoms with Gasteiger partial charge in [0, 0.05) is 15.2 Å². The normalized spacial score (nSPS) is 11.9. The molecular formula is C7H3Br2ClF2O3S. The lowest BCUT2D eigenvalue weighted by Gasteiger charge is -2.10. The summed E-state index contributed by atoms with van der Waals surface area (Å²) in [6, 6.07) is 2.44. The van der Waals surface area contributed by atoms with E-state index in [1.54, 1.807) is 0 Å². The number of hydrogen-bond donors (Lipinski definition) is 0. The maximum absolute atomic E-state index is 12.1. The second-order valence-electron chi connectivity index (χ2n) is 2.53. The molecule has 90 valence electrons. The Balaban J connectivity index is 3.45. The van der Waals surface area contributed by atoms with Gasteiger partial charge in [0.1, 0.15) is 4.90 Å². The molecule has 0 saturated carbocycles. The maximum atomic E-state index is 12.1. The summed E-state index contributed by atoms with van der Waals surface area (Å²) in [5.74, 6) is -0.520. The highest BCUT2D eigenvalue weighted by atomic mass is 79.9. The van der Waals surface area contributed by atoms with Gasteiger partial charge in [-0.25, -0.2) is 8.42 Å². The Morgan fingerprint density at radius 3 is 2.31 bits per heavy atom. The van der Waals surface area contributed by atoms with E-state index in [1.165, 1.54) is 6.07 Å². The fourth-order valence-corrected chi connectivity index (χ4v) is 3.51. The first-order valence-electron chi connectivity index (χ1n) is 3.60. The van der Waals surface area contributed by atoms with Gasteiger partial charge in [-0.1, -0.05) is 15.9 Å². The van der Waals surface area contributed by atoms with Gasteiger partial charge < -0.3 is 4.74 Å². The summed E-state index contributed by atoms with van der Waals surface area (Å²) in [5, 5.41) is 0. The van der Waals surface area contributed by atoms with Crippen LogP contribution in [0.15, 0.2) is 26.0 Å². The van der Waals surface area contributed by atoms with Gasteiger partial charge in [-0.3, -0.25) is 0 Å². The van der Waals surface area contributed by atoms with Gasteiger partial charge in [0.15, 0.2) is 5.75 Å². The van der Waals surface area contributed by atoms with Crippen molar-refractivity contribution in [2.75, 3.05) is 0 Å². The SMILES string of the molecule is O=S(=O)(Cl)c1cc(Br)cc(Br)c1OC(F)F. The topological polar surface area (TPSA) is 43.4 Å². The molecule has 0 N–H and O–H groups in total. The van der Waals surface area contributed by atoms with Crippen molar-refractivity contribution in [1.29, 1.82) is 0 Å². The van der Waals surface area contributed by atoms with Crippen LogP contribution in [0.3, 0.4) is 0 Å². The molecule has 16 heavy (non-hydrogen) atoms. The van der Waals surface area contributed by atoms with Gasteiger partial charge in [-0.05, 0) is 28.1 Å². The van der Waals surface area contributed by atoms with Crippen LogP contribution in [0.25, 0.3) is 0 Å². The van der Waals surface area contributed by atoms with Crippen LogP contribution in [-0.4, -0.2) is 15.0 Å². The van der Waals surface area contributed by atoms with E-state index in [2.05, 4.69) is 36.6 Å². The van der Waals surface area contributed by atoms with E-state index >= 15 is 0 Å². The minimum atomic E-state index is -4.17. The van der Waals surface area contributed by atoms with Gasteiger partial charge in [-0.2, -0.15) is 8.78 Å². The Hall–Kier alpha value is 0.0800. The molecule has 1 rings (SSSR count). The molecule has 0 atom stereocenters. The molecule has 0 aliphatic carbocycles. The Labute approximate surface area is 111 Å². The number of hydrogen-bond acceptors (Lipinski definition) is 3. The minimum Gasteiger partial charge on any atom is -0.432 e. The molecule has 0 aliphatic heterocycles. The molecule has 0 aromatic heterocycles. The molecule has 0 amide bonds. The smallest absolute Gasteiger partial charge is 0.387 e. The molecule has 0 saturated heterocycles. The quantitative estimate of drug-likeness (QED) is 0.726. The molecule has 0 radical (unpaired) electrons. The number of ether oxygens (including phenoxy) is 1. The van der Waals surface area contributed by atoms with Gasteiger partial charge >= 0.3 is 6.61 Å². The van der Waals surface area contributed by atoms with Crippen LogP contribution in [-0.2, 0) is 9.05 Å². The number of benzene rings is 1. The van der Waals surface area contributed by atoms with E-state index in [0.717, 1.165) is 6.07 Å². The Bertz CT molecular complexity index is 507. The van der Waals surface area contributed by atoms with E-state index in [1.807, 2.05) is 0 Å². The van der Waals surface area contributed by atoms with E-state index in [4.69, 9.17) is 10.7 Å². The first-order chi connectivity index (χ1) is 7.21. The van der Waals surface area contributed by atoms with Crippen LogP contribution < -0.4 is 4.74 Å². The van der Waals surface area contributed by atoms with Crippen LogP contribution in [0, 0.1) is 0 Å². The van der Waals surface area contributed by atoms with E-state index in [0.29, 0.717) is 4.47 Å². The highest BCUT2D eigenvalue weighted by Crippen LogP contribution is 2.38. The predicted octanol–water partition coefficient (Wildman–Crippen LogP) is 3.74. The zero-order chi connectivity index (χ0) is 12.5. The second-order valence-corrected chi connectivity index (χ2v) is 6.84. The lowest BCUT2D eigenvalue weighted by atomic mass is 10.3. The van der Waals surface area contributed by atoms with Crippen molar-refractivity contribution >= 4 is 51.6 Å². The highest BCUT2D eigenvalue weighted by molar-refractivity contribution is 9.11. The largest absolute Gasteiger partial charge is 0.432 e. The molecule has 9 heteroatoms. The third-order valence-electron chi connectivity index (χ3n) is 1.44. The summed E-state index contributed by atoms with van der Waals surface area (Å²) in [4.78, 5) is -0.532. The van der Waals surface area contributed by atoms with Crippen molar-refractivity contribution in [3.8, 4) is 5.75 Å². The molecule has 0 spiro atoms. The van der Waals surface area contributed by atoms with Gasteiger partial charge in [0.25, 0.3) is 9.05 Å². The van der Waals surface area contributed by atoms with Gasteiger partial charge in [0.05, 0.1) is 4.47 Å². The van der Waals surface area contributed by atoms with Crippen LogP contribution >= 0.6 is 42.5 Å². The average molecular weight is 400 g/mol. The van der Waals surface area contributed by atoms with E-state index < -0.39 is 26.3 Å². The zero-order valence-corrected chi connectivity index (χ0v) is 12.0. The average Bonchev–Trinajstić information content (AvgIpc) is 2.06. The van der Waals surface area contributed by atoms with Crippen LogP contribution in [0.5, 0.6) is 5.75 Å². The zero-order valence-electron chi connectivity index (χ0n) is 7.25. The molecule has 1 aromatic rings. The van der Waals surface area contributed by atoms with Crippen LogP contribution in [0.2, 0.25) is 0 Å². The fraction of sp³-hybridized carbons (Fsp3) is 0.143. The summed E-state index contributed by atoms with van der Waals surface area (Å²) < 4.78 is 50.9. The van der Waals surface area contributed by atoms with E-state index in [-0.39, 0.29) is 4.47 Å². The molecule has 0 aliphatic rings. The van der Waals surface area contributed by atoms with Crippen molar-refractivity contribution in [3.05, 3.63) is 21.1 Å². The third-order valence-corrected chi connectivity index (χ3v) is 3.82.